The first-order valence-corrected chi connectivity index (χ1v) is 11.6. The number of carbonyl (C=O) groups excluding carboxylic acids is 1. The predicted molar refractivity (Wildman–Crippen MR) is 125 cm³/mol. The molecule has 1 aromatic carbocycles. The SMILES string of the molecule is C=CC(=O)N1CCn2c(c(C#Cc3c(F)cc4sc(C5CC5)nc4c3F)c3c(N)ncnc32)C1. The molecule has 0 unspecified atom stereocenters. The Bertz CT molecular complexity index is 1590. The lowest BCUT2D eigenvalue weighted by Crippen LogP contribution is -2.37. The van der Waals surface area contributed by atoms with Gasteiger partial charge in [0.25, 0.3) is 0 Å². The van der Waals surface area contributed by atoms with Crippen molar-refractivity contribution in [3.8, 4) is 11.8 Å². The molecule has 3 aromatic heterocycles. The van der Waals surface area contributed by atoms with E-state index in [-0.39, 0.29) is 29.3 Å². The standard InChI is InChI=1S/C24H18F2N6OS/c1-2-18(33)31-7-8-32-16(10-31)14(19-22(27)28-11-29-23(19)32)6-5-13-15(25)9-17-21(20(13)26)30-24(34-17)12-3-4-12/h2,9,11-12H,1,3-4,7-8,10H2,(H2,27,28,29). The summed E-state index contributed by atoms with van der Waals surface area (Å²) in [5.41, 5.74) is 7.65. The lowest BCUT2D eigenvalue weighted by molar-refractivity contribution is -0.127. The molecule has 1 aliphatic heterocycles. The molecular weight excluding hydrogens is 458 g/mol. The number of carbonyl (C=O) groups is 1. The van der Waals surface area contributed by atoms with E-state index < -0.39 is 11.6 Å². The van der Waals surface area contributed by atoms with Gasteiger partial charge in [-0.1, -0.05) is 18.4 Å². The van der Waals surface area contributed by atoms with Crippen LogP contribution in [0.15, 0.2) is 25.0 Å². The molecule has 7 nitrogen and oxygen atoms in total. The highest BCUT2D eigenvalue weighted by Crippen LogP contribution is 2.44. The van der Waals surface area contributed by atoms with Crippen molar-refractivity contribution in [1.29, 1.82) is 0 Å². The highest BCUT2D eigenvalue weighted by atomic mass is 32.1. The summed E-state index contributed by atoms with van der Waals surface area (Å²) < 4.78 is 32.6. The van der Waals surface area contributed by atoms with Crippen molar-refractivity contribution in [2.75, 3.05) is 12.3 Å². The predicted octanol–water partition coefficient (Wildman–Crippen LogP) is 3.71. The van der Waals surface area contributed by atoms with Crippen LogP contribution in [0, 0.1) is 23.5 Å². The average Bonchev–Trinajstić information content (AvgIpc) is 3.52. The normalized spacial score (nSPS) is 15.3. The van der Waals surface area contributed by atoms with Gasteiger partial charge in [-0.3, -0.25) is 4.79 Å². The molecule has 0 bridgehead atoms. The molecule has 4 aromatic rings. The molecule has 1 fully saturated rings. The highest BCUT2D eigenvalue weighted by Gasteiger charge is 2.29. The van der Waals surface area contributed by atoms with Crippen LogP contribution in [0.25, 0.3) is 21.3 Å². The second-order valence-corrected chi connectivity index (χ2v) is 9.43. The number of hydrogen-bond donors (Lipinski definition) is 1. The van der Waals surface area contributed by atoms with Crippen LogP contribution in [0.5, 0.6) is 0 Å². The maximum atomic E-state index is 15.3. The van der Waals surface area contributed by atoms with Crippen molar-refractivity contribution in [2.45, 2.75) is 31.8 Å². The maximum absolute atomic E-state index is 15.3. The zero-order chi connectivity index (χ0) is 23.6. The van der Waals surface area contributed by atoms with Crippen molar-refractivity contribution in [2.24, 2.45) is 0 Å². The zero-order valence-electron chi connectivity index (χ0n) is 17.9. The number of anilines is 1. The second kappa shape index (κ2) is 7.60. The number of aromatic nitrogens is 4. The number of nitrogens with two attached hydrogens (primary N) is 1. The van der Waals surface area contributed by atoms with Crippen LogP contribution in [-0.2, 0) is 17.9 Å². The van der Waals surface area contributed by atoms with E-state index in [2.05, 4.69) is 33.4 Å². The Morgan fingerprint density at radius 1 is 1.24 bits per heavy atom. The van der Waals surface area contributed by atoms with Crippen molar-refractivity contribution in [3.05, 3.63) is 58.5 Å². The first-order chi connectivity index (χ1) is 16.5. The van der Waals surface area contributed by atoms with Gasteiger partial charge in [-0.25, -0.2) is 23.7 Å². The molecular formula is C24H18F2N6OS. The molecule has 4 heterocycles. The fraction of sp³-hybridized carbons (Fsp3) is 0.250. The first-order valence-electron chi connectivity index (χ1n) is 10.8. The molecule has 0 atom stereocenters. The van der Waals surface area contributed by atoms with Crippen LogP contribution >= 0.6 is 11.3 Å². The summed E-state index contributed by atoms with van der Waals surface area (Å²) in [5, 5.41) is 1.34. The molecule has 0 radical (unpaired) electrons. The number of benzene rings is 1. The number of nitrogen functional groups attached to an aromatic ring is 1. The minimum absolute atomic E-state index is 0.145. The van der Waals surface area contributed by atoms with E-state index in [1.807, 2.05) is 4.57 Å². The minimum Gasteiger partial charge on any atom is -0.383 e. The molecule has 0 spiro atoms. The summed E-state index contributed by atoms with van der Waals surface area (Å²) in [6.45, 7) is 4.73. The maximum Gasteiger partial charge on any atom is 0.246 e. The van der Waals surface area contributed by atoms with Crippen LogP contribution < -0.4 is 5.73 Å². The molecule has 1 saturated carbocycles. The van der Waals surface area contributed by atoms with E-state index in [0.29, 0.717) is 46.0 Å². The van der Waals surface area contributed by atoms with Crippen LogP contribution in [0.3, 0.4) is 0 Å². The Balaban J connectivity index is 1.52. The molecule has 34 heavy (non-hydrogen) atoms. The van der Waals surface area contributed by atoms with Gasteiger partial charge in [0.2, 0.25) is 5.91 Å². The van der Waals surface area contributed by atoms with Crippen molar-refractivity contribution in [1.82, 2.24) is 24.4 Å². The minimum atomic E-state index is -0.768. The Kier molecular flexibility index (Phi) is 4.64. The number of hydrogen-bond acceptors (Lipinski definition) is 6. The van der Waals surface area contributed by atoms with E-state index in [1.54, 1.807) is 4.90 Å². The molecule has 1 aliphatic carbocycles. The molecule has 0 saturated heterocycles. The van der Waals surface area contributed by atoms with Crippen LogP contribution in [0.2, 0.25) is 0 Å². The first kappa shape index (κ1) is 20.7. The van der Waals surface area contributed by atoms with Gasteiger partial charge in [0, 0.05) is 19.0 Å². The summed E-state index contributed by atoms with van der Waals surface area (Å²) >= 11 is 1.33. The monoisotopic (exact) mass is 476 g/mol. The smallest absolute Gasteiger partial charge is 0.246 e. The van der Waals surface area contributed by atoms with Gasteiger partial charge in [-0.15, -0.1) is 11.3 Å². The van der Waals surface area contributed by atoms with E-state index in [1.165, 1.54) is 29.8 Å². The lowest BCUT2D eigenvalue weighted by Gasteiger charge is -2.28. The third-order valence-electron chi connectivity index (χ3n) is 6.23. The molecule has 2 aliphatic rings. The zero-order valence-corrected chi connectivity index (χ0v) is 18.8. The van der Waals surface area contributed by atoms with Crippen LogP contribution in [0.4, 0.5) is 14.6 Å². The van der Waals surface area contributed by atoms with Gasteiger partial charge in [0.05, 0.1) is 38.5 Å². The third-order valence-corrected chi connectivity index (χ3v) is 7.40. The van der Waals surface area contributed by atoms with E-state index in [4.69, 9.17) is 5.73 Å². The summed E-state index contributed by atoms with van der Waals surface area (Å²) in [7, 11) is 0. The lowest BCUT2D eigenvalue weighted by atomic mass is 10.1. The van der Waals surface area contributed by atoms with Crippen LogP contribution in [0.1, 0.15) is 40.6 Å². The number of halogens is 2. The number of thiazole rings is 1. The highest BCUT2D eigenvalue weighted by molar-refractivity contribution is 7.18. The number of fused-ring (bicyclic) bond motifs is 4. The van der Waals surface area contributed by atoms with Gasteiger partial charge >= 0.3 is 0 Å². The van der Waals surface area contributed by atoms with Gasteiger partial charge < -0.3 is 15.2 Å². The van der Waals surface area contributed by atoms with Gasteiger partial charge in [-0.05, 0) is 25.0 Å². The largest absolute Gasteiger partial charge is 0.383 e. The second-order valence-electron chi connectivity index (χ2n) is 8.37. The number of rotatable bonds is 2. The van der Waals surface area contributed by atoms with Gasteiger partial charge in [0.1, 0.15) is 29.1 Å². The van der Waals surface area contributed by atoms with E-state index in [0.717, 1.165) is 17.8 Å². The Morgan fingerprint density at radius 3 is 2.79 bits per heavy atom. The van der Waals surface area contributed by atoms with Gasteiger partial charge in [-0.2, -0.15) is 0 Å². The molecule has 2 N–H and O–H groups in total. The summed E-state index contributed by atoms with van der Waals surface area (Å²) in [5.74, 6) is 4.42. The molecule has 6 rings (SSSR count). The van der Waals surface area contributed by atoms with Gasteiger partial charge in [0.15, 0.2) is 5.82 Å². The summed E-state index contributed by atoms with van der Waals surface area (Å²) in [6.07, 6.45) is 4.66. The topological polar surface area (TPSA) is 89.9 Å². The number of amides is 1. The van der Waals surface area contributed by atoms with Crippen molar-refractivity contribution < 1.29 is 13.6 Å². The molecule has 10 heteroatoms. The molecule has 170 valence electrons. The Labute approximate surface area is 196 Å². The van der Waals surface area contributed by atoms with Crippen molar-refractivity contribution >= 4 is 44.3 Å². The average molecular weight is 477 g/mol. The van der Waals surface area contributed by atoms with E-state index in [9.17, 15) is 9.18 Å². The fourth-order valence-electron chi connectivity index (χ4n) is 4.34. The van der Waals surface area contributed by atoms with E-state index >= 15 is 4.39 Å². The Hall–Kier alpha value is -3.84. The Morgan fingerprint density at radius 2 is 2.03 bits per heavy atom. The van der Waals surface area contributed by atoms with Crippen molar-refractivity contribution in [3.63, 3.8) is 0 Å². The van der Waals surface area contributed by atoms with Crippen LogP contribution in [-0.4, -0.2) is 36.9 Å². The summed E-state index contributed by atoms with van der Waals surface area (Å²) in [4.78, 5) is 26.7. The fourth-order valence-corrected chi connectivity index (χ4v) is 5.50. The quantitative estimate of drug-likeness (QED) is 0.352. The third kappa shape index (κ3) is 3.15. The molecule has 1 amide bonds. The number of nitrogens with zero attached hydrogens (tertiary/aromatic N) is 5. The summed E-state index contributed by atoms with van der Waals surface area (Å²) in [6, 6.07) is 1.29.